The summed E-state index contributed by atoms with van der Waals surface area (Å²) in [7, 11) is 0. The second kappa shape index (κ2) is 34.3. The number of ether oxygens (including phenoxy) is 2. The predicted molar refractivity (Wildman–Crippen MR) is 247 cm³/mol. The molecule has 0 aliphatic rings. The van der Waals surface area contributed by atoms with E-state index in [0.29, 0.717) is 0 Å². The van der Waals surface area contributed by atoms with Gasteiger partial charge >= 0.3 is 0 Å². The van der Waals surface area contributed by atoms with Crippen LogP contribution in [0.15, 0.2) is 72.8 Å². The molecule has 0 saturated heterocycles. The molecule has 0 aromatic heterocycles. The minimum Gasteiger partial charge on any atom is -0.490 e. The van der Waals surface area contributed by atoms with Crippen molar-refractivity contribution in [3.63, 3.8) is 0 Å². The van der Waals surface area contributed by atoms with E-state index in [9.17, 15) is 0 Å². The third-order valence-corrected chi connectivity index (χ3v) is 11.8. The quantitative estimate of drug-likeness (QED) is 0.0541. The molecule has 2 heteroatoms. The van der Waals surface area contributed by atoms with Crippen molar-refractivity contribution >= 4 is 0 Å². The molecule has 0 atom stereocenters. The fraction of sp³-hybridized carbons (Fsp3) is 0.667. The molecule has 0 N–H and O–H groups in total. The van der Waals surface area contributed by atoms with Gasteiger partial charge in [0.25, 0.3) is 0 Å². The zero-order valence-electron chi connectivity index (χ0n) is 36.8. The first-order valence-electron chi connectivity index (χ1n) is 24.4. The van der Waals surface area contributed by atoms with Crippen molar-refractivity contribution in [2.24, 2.45) is 0 Å². The van der Waals surface area contributed by atoms with Gasteiger partial charge in [-0.15, -0.1) is 0 Å². The minimum absolute atomic E-state index is 0.743. The molecule has 0 radical (unpaired) electrons. The standard InChI is InChI=1S/C54H86O2/c1-3-5-7-9-11-13-15-17-19-21-23-25-27-29-31-36-47-55-53-42-38-41-52(51-45-43-50(44-46-51)49-39-34-33-35-40-49)54(53)56-48-37-32-30-28-26-24-22-20-18-16-14-12-10-8-6-4-2/h33-35,38-46H,3-32,36-37,47-48H2,1-2H3. The molecule has 0 spiro atoms. The summed E-state index contributed by atoms with van der Waals surface area (Å²) in [5.41, 5.74) is 4.79. The fourth-order valence-electron chi connectivity index (χ4n) is 8.14. The van der Waals surface area contributed by atoms with E-state index in [4.69, 9.17) is 9.47 Å². The van der Waals surface area contributed by atoms with Crippen molar-refractivity contribution in [1.29, 1.82) is 0 Å². The van der Waals surface area contributed by atoms with Crippen molar-refractivity contribution in [3.8, 4) is 33.8 Å². The topological polar surface area (TPSA) is 18.5 Å². The highest BCUT2D eigenvalue weighted by atomic mass is 16.5. The van der Waals surface area contributed by atoms with Crippen LogP contribution in [0.5, 0.6) is 11.5 Å². The average Bonchev–Trinajstić information content (AvgIpc) is 3.23. The Kier molecular flexibility index (Phi) is 29.2. The number of rotatable bonds is 38. The highest BCUT2D eigenvalue weighted by molar-refractivity contribution is 5.76. The first-order chi connectivity index (χ1) is 27.8. The lowest BCUT2D eigenvalue weighted by Crippen LogP contribution is -2.04. The monoisotopic (exact) mass is 767 g/mol. The van der Waals surface area contributed by atoms with E-state index in [1.807, 2.05) is 0 Å². The van der Waals surface area contributed by atoms with Crippen LogP contribution < -0.4 is 9.47 Å². The molecule has 0 aliphatic heterocycles. The Labute approximate surface area is 347 Å². The molecule has 314 valence electrons. The molecule has 0 saturated carbocycles. The van der Waals surface area contributed by atoms with E-state index in [0.717, 1.165) is 43.1 Å². The van der Waals surface area contributed by atoms with Crippen LogP contribution in [0, 0.1) is 0 Å². The van der Waals surface area contributed by atoms with E-state index in [1.165, 1.54) is 209 Å². The second-order valence-electron chi connectivity index (χ2n) is 16.9. The summed E-state index contributed by atoms with van der Waals surface area (Å²) < 4.78 is 13.1. The molecule has 3 aromatic rings. The molecule has 2 nitrogen and oxygen atoms in total. The van der Waals surface area contributed by atoms with Crippen LogP contribution >= 0.6 is 0 Å². The summed E-state index contributed by atoms with van der Waals surface area (Å²) in [5, 5.41) is 0. The van der Waals surface area contributed by atoms with E-state index < -0.39 is 0 Å². The number of hydrogen-bond donors (Lipinski definition) is 0. The van der Waals surface area contributed by atoms with Crippen molar-refractivity contribution in [2.75, 3.05) is 13.2 Å². The maximum atomic E-state index is 6.62. The smallest absolute Gasteiger partial charge is 0.168 e. The van der Waals surface area contributed by atoms with Crippen molar-refractivity contribution < 1.29 is 9.47 Å². The van der Waals surface area contributed by atoms with Gasteiger partial charge in [0.15, 0.2) is 11.5 Å². The van der Waals surface area contributed by atoms with Crippen LogP contribution in [0.25, 0.3) is 22.3 Å². The van der Waals surface area contributed by atoms with Crippen LogP contribution in [-0.4, -0.2) is 13.2 Å². The Balaban J connectivity index is 1.34. The molecule has 0 unspecified atom stereocenters. The zero-order valence-corrected chi connectivity index (χ0v) is 36.8. The molecular formula is C54H86O2. The lowest BCUT2D eigenvalue weighted by molar-refractivity contribution is 0.259. The SMILES string of the molecule is CCCCCCCCCCCCCCCCCCOc1cccc(-c2ccc(-c3ccccc3)cc2)c1OCCCCCCCCCCCCCCCCCC. The van der Waals surface area contributed by atoms with E-state index in [2.05, 4.69) is 86.6 Å². The van der Waals surface area contributed by atoms with E-state index in [-0.39, 0.29) is 0 Å². The number of para-hydroxylation sites is 1. The van der Waals surface area contributed by atoms with Crippen molar-refractivity contribution in [3.05, 3.63) is 72.8 Å². The number of benzene rings is 3. The van der Waals surface area contributed by atoms with Crippen molar-refractivity contribution in [2.45, 2.75) is 219 Å². The lowest BCUT2D eigenvalue weighted by atomic mass is 9.99. The lowest BCUT2D eigenvalue weighted by Gasteiger charge is -2.17. The van der Waals surface area contributed by atoms with E-state index in [1.54, 1.807) is 0 Å². The van der Waals surface area contributed by atoms with Crippen LogP contribution in [0.1, 0.15) is 219 Å². The largest absolute Gasteiger partial charge is 0.490 e. The van der Waals surface area contributed by atoms with Crippen molar-refractivity contribution in [1.82, 2.24) is 0 Å². The third-order valence-electron chi connectivity index (χ3n) is 11.8. The molecule has 0 amide bonds. The van der Waals surface area contributed by atoms with Gasteiger partial charge in [0, 0.05) is 5.56 Å². The summed E-state index contributed by atoms with van der Waals surface area (Å²) >= 11 is 0. The summed E-state index contributed by atoms with van der Waals surface area (Å²) in [6.45, 7) is 6.10. The first kappa shape index (κ1) is 47.6. The summed E-state index contributed by atoms with van der Waals surface area (Å²) in [4.78, 5) is 0. The average molecular weight is 767 g/mol. The second-order valence-corrected chi connectivity index (χ2v) is 16.9. The molecule has 56 heavy (non-hydrogen) atoms. The summed E-state index contributed by atoms with van der Waals surface area (Å²) in [6.07, 6.45) is 44.2. The highest BCUT2D eigenvalue weighted by Crippen LogP contribution is 2.39. The molecule has 0 aliphatic carbocycles. The maximum absolute atomic E-state index is 6.62. The van der Waals surface area contributed by atoms with Crippen LogP contribution in [0.3, 0.4) is 0 Å². The van der Waals surface area contributed by atoms with Gasteiger partial charge in [0.05, 0.1) is 13.2 Å². The number of unbranched alkanes of at least 4 members (excludes halogenated alkanes) is 30. The van der Waals surface area contributed by atoms with Gasteiger partial charge in [0.1, 0.15) is 0 Å². The van der Waals surface area contributed by atoms with Gasteiger partial charge in [-0.05, 0) is 35.6 Å². The summed E-state index contributed by atoms with van der Waals surface area (Å²) in [6, 6.07) is 26.0. The van der Waals surface area contributed by atoms with Gasteiger partial charge in [-0.2, -0.15) is 0 Å². The number of hydrogen-bond acceptors (Lipinski definition) is 2. The zero-order chi connectivity index (χ0) is 39.4. The van der Waals surface area contributed by atoms with Gasteiger partial charge < -0.3 is 9.47 Å². The molecule has 3 aromatic carbocycles. The minimum atomic E-state index is 0.743. The van der Waals surface area contributed by atoms with Gasteiger partial charge in [-0.25, -0.2) is 0 Å². The van der Waals surface area contributed by atoms with Gasteiger partial charge in [0.2, 0.25) is 0 Å². The Morgan fingerprint density at radius 2 is 0.625 bits per heavy atom. The fourth-order valence-corrected chi connectivity index (χ4v) is 8.14. The van der Waals surface area contributed by atoms with E-state index >= 15 is 0 Å². The molecule has 0 fully saturated rings. The van der Waals surface area contributed by atoms with Crippen LogP contribution in [0.4, 0.5) is 0 Å². The maximum Gasteiger partial charge on any atom is 0.168 e. The Bertz CT molecular complexity index is 1280. The highest BCUT2D eigenvalue weighted by Gasteiger charge is 2.14. The van der Waals surface area contributed by atoms with Gasteiger partial charge in [-0.1, -0.05) is 273 Å². The molecule has 0 bridgehead atoms. The van der Waals surface area contributed by atoms with Gasteiger partial charge in [-0.3, -0.25) is 0 Å². The Morgan fingerprint density at radius 3 is 1.04 bits per heavy atom. The summed E-state index contributed by atoms with van der Waals surface area (Å²) in [5.74, 6) is 1.81. The predicted octanol–water partition coefficient (Wildman–Crippen LogP) is 18.3. The molecular weight excluding hydrogens is 681 g/mol. The molecule has 3 rings (SSSR count). The third kappa shape index (κ3) is 22.9. The first-order valence-corrected chi connectivity index (χ1v) is 24.4. The normalized spacial score (nSPS) is 11.3. The molecule has 0 heterocycles. The van der Waals surface area contributed by atoms with Crippen LogP contribution in [-0.2, 0) is 0 Å². The van der Waals surface area contributed by atoms with Crippen LogP contribution in [0.2, 0.25) is 0 Å². The Hall–Kier alpha value is -2.74. The Morgan fingerprint density at radius 1 is 0.286 bits per heavy atom.